The molecule has 0 unspecified atom stereocenters. The first-order chi connectivity index (χ1) is 13.9. The number of nitrogens with one attached hydrogen (secondary N) is 1. The van der Waals surface area contributed by atoms with Gasteiger partial charge in [-0.25, -0.2) is 9.37 Å². The van der Waals surface area contributed by atoms with Gasteiger partial charge in [0.25, 0.3) is 5.91 Å². The fourth-order valence-electron chi connectivity index (χ4n) is 3.12. The van der Waals surface area contributed by atoms with Crippen LogP contribution in [0.4, 0.5) is 10.1 Å². The molecule has 1 aromatic heterocycles. The summed E-state index contributed by atoms with van der Waals surface area (Å²) < 4.78 is 34.8. The van der Waals surface area contributed by atoms with Crippen molar-refractivity contribution in [3.05, 3.63) is 59.2 Å². The van der Waals surface area contributed by atoms with Crippen LogP contribution in [0.2, 0.25) is 0 Å². The van der Waals surface area contributed by atoms with E-state index in [0.29, 0.717) is 5.56 Å². The molecule has 0 spiro atoms. The number of anilines is 1. The molecule has 2 heterocycles. The van der Waals surface area contributed by atoms with E-state index in [1.807, 2.05) is 6.07 Å². The van der Waals surface area contributed by atoms with Crippen LogP contribution < -0.4 is 11.1 Å². The number of benzene rings is 1. The first-order valence-electron chi connectivity index (χ1n) is 8.98. The quantitative estimate of drug-likeness (QED) is 0.586. The summed E-state index contributed by atoms with van der Waals surface area (Å²) in [7, 11) is -3.21. The van der Waals surface area contributed by atoms with E-state index in [9.17, 15) is 18.3 Å². The molecule has 8 nitrogen and oxygen atoms in total. The topological polar surface area (TPSA) is 145 Å². The van der Waals surface area contributed by atoms with Crippen molar-refractivity contribution >= 4 is 28.0 Å². The van der Waals surface area contributed by atoms with Crippen molar-refractivity contribution in [1.82, 2.24) is 4.98 Å². The van der Waals surface area contributed by atoms with E-state index in [2.05, 4.69) is 15.3 Å². The van der Waals surface area contributed by atoms with Crippen molar-refractivity contribution in [1.29, 1.82) is 5.26 Å². The predicted molar refractivity (Wildman–Crippen MR) is 114 cm³/mol. The molecule has 0 fully saturated rings. The van der Waals surface area contributed by atoms with E-state index in [4.69, 9.17) is 11.0 Å². The summed E-state index contributed by atoms with van der Waals surface area (Å²) in [4.78, 5) is 20.7. The van der Waals surface area contributed by atoms with Crippen LogP contribution in [0.25, 0.3) is 0 Å². The normalized spacial score (nSPS) is 23.0. The summed E-state index contributed by atoms with van der Waals surface area (Å²) in [5, 5.41) is 11.4. The van der Waals surface area contributed by atoms with Crippen LogP contribution in [0.15, 0.2) is 41.5 Å². The number of nitriles is 1. The van der Waals surface area contributed by atoms with E-state index in [1.165, 1.54) is 36.5 Å². The van der Waals surface area contributed by atoms with E-state index in [0.717, 1.165) is 0 Å². The third kappa shape index (κ3) is 3.75. The van der Waals surface area contributed by atoms with Gasteiger partial charge >= 0.3 is 0 Å². The van der Waals surface area contributed by atoms with Gasteiger partial charge < -0.3 is 11.1 Å². The zero-order chi connectivity index (χ0) is 22.3. The second-order valence-electron chi connectivity index (χ2n) is 7.78. The molecule has 0 bridgehead atoms. The van der Waals surface area contributed by atoms with Crippen LogP contribution in [0.1, 0.15) is 42.4 Å². The Hall–Kier alpha value is -3.00. The first kappa shape index (κ1) is 21.7. The molecule has 1 amide bonds. The Balaban J connectivity index is 1.95. The number of pyridine rings is 1. The van der Waals surface area contributed by atoms with E-state index < -0.39 is 32.6 Å². The van der Waals surface area contributed by atoms with Gasteiger partial charge in [-0.05, 0) is 51.1 Å². The molecule has 158 valence electrons. The maximum atomic E-state index is 14.7. The van der Waals surface area contributed by atoms with Gasteiger partial charge in [-0.2, -0.15) is 15.9 Å². The summed E-state index contributed by atoms with van der Waals surface area (Å²) in [6.45, 7) is 4.73. The molecular weight excluding hydrogens is 409 g/mol. The Morgan fingerprint density at radius 3 is 2.57 bits per heavy atom. The minimum Gasteiger partial charge on any atom is -0.386 e. The Kier molecular flexibility index (Phi) is 5.32. The van der Waals surface area contributed by atoms with Gasteiger partial charge in [-0.1, -0.05) is 0 Å². The molecule has 0 saturated heterocycles. The number of carbonyl (C=O) groups is 1. The molecule has 30 heavy (non-hydrogen) atoms. The molecule has 1 aliphatic rings. The lowest BCUT2D eigenvalue weighted by Crippen LogP contribution is -2.52. The van der Waals surface area contributed by atoms with Gasteiger partial charge in [-0.3, -0.25) is 18.9 Å². The Labute approximate surface area is 175 Å². The third-order valence-corrected chi connectivity index (χ3v) is 8.02. The number of hydrogen-bond acceptors (Lipinski definition) is 7. The molecule has 5 N–H and O–H groups in total. The minimum atomic E-state index is -3.21. The fourth-order valence-corrected chi connectivity index (χ4v) is 4.86. The number of aliphatic imine (C=N–C) groups is 1. The number of amides is 1. The van der Waals surface area contributed by atoms with Gasteiger partial charge in [0.05, 0.1) is 11.3 Å². The van der Waals surface area contributed by atoms with E-state index in [1.54, 1.807) is 20.8 Å². The zero-order valence-electron chi connectivity index (χ0n) is 16.7. The van der Waals surface area contributed by atoms with E-state index in [-0.39, 0.29) is 28.5 Å². The molecule has 1 atom stereocenters. The summed E-state index contributed by atoms with van der Waals surface area (Å²) in [6.07, 6.45) is 1.28. The van der Waals surface area contributed by atoms with Gasteiger partial charge in [0.1, 0.15) is 33.7 Å². The standard InChI is InChI=1S/C20H22FN5O3S/c1-19(2)18(23)26-20(3,11-30(19,28)29)14-8-13(5-6-15(14)21)25-17(27)16-7-4-12(9-22)10-24-16/h4-8,10,28-29H,11H2,1-3H3,(H2,23,26)(H,25,27)/t20-/m0/s1. The highest BCUT2D eigenvalue weighted by molar-refractivity contribution is 8.26. The van der Waals surface area contributed by atoms with Gasteiger partial charge in [0, 0.05) is 17.4 Å². The van der Waals surface area contributed by atoms with Gasteiger partial charge in [0.2, 0.25) is 0 Å². The SMILES string of the molecule is CC1(C)C(N)=N[C@](C)(c2cc(NC(=O)c3ccc(C#N)cn3)ccc2F)CS1(O)O. The molecule has 2 aromatic rings. The Bertz CT molecular complexity index is 1080. The molecule has 0 saturated carbocycles. The van der Waals surface area contributed by atoms with E-state index >= 15 is 0 Å². The average molecular weight is 431 g/mol. The number of carbonyl (C=O) groups excluding carboxylic acids is 1. The second-order valence-corrected chi connectivity index (χ2v) is 10.4. The van der Waals surface area contributed by atoms with Crippen LogP contribution in [0.5, 0.6) is 0 Å². The van der Waals surface area contributed by atoms with Crippen LogP contribution in [0, 0.1) is 17.1 Å². The highest BCUT2D eigenvalue weighted by Crippen LogP contribution is 2.59. The number of aromatic nitrogens is 1. The predicted octanol–water partition coefficient (Wildman–Crippen LogP) is 3.46. The fraction of sp³-hybridized carbons (Fsp3) is 0.300. The number of halogens is 1. The number of nitrogens with two attached hydrogens (primary N) is 1. The van der Waals surface area contributed by atoms with Crippen LogP contribution in [0.3, 0.4) is 0 Å². The van der Waals surface area contributed by atoms with Gasteiger partial charge in [-0.15, -0.1) is 0 Å². The highest BCUT2D eigenvalue weighted by Gasteiger charge is 2.49. The summed E-state index contributed by atoms with van der Waals surface area (Å²) in [5.74, 6) is -1.34. The maximum Gasteiger partial charge on any atom is 0.274 e. The summed E-state index contributed by atoms with van der Waals surface area (Å²) >= 11 is 0. The first-order valence-corrected chi connectivity index (χ1v) is 10.7. The van der Waals surface area contributed by atoms with Crippen LogP contribution >= 0.6 is 10.6 Å². The van der Waals surface area contributed by atoms with Crippen LogP contribution in [-0.2, 0) is 5.54 Å². The largest absolute Gasteiger partial charge is 0.386 e. The lowest BCUT2D eigenvalue weighted by molar-refractivity contribution is 0.102. The molecular formula is C20H22FN5O3S. The lowest BCUT2D eigenvalue weighted by Gasteiger charge is -2.53. The zero-order valence-corrected chi connectivity index (χ0v) is 17.5. The average Bonchev–Trinajstić information content (AvgIpc) is 2.67. The smallest absolute Gasteiger partial charge is 0.274 e. The lowest BCUT2D eigenvalue weighted by atomic mass is 9.92. The second kappa shape index (κ2) is 7.36. The van der Waals surface area contributed by atoms with Crippen molar-refractivity contribution in [3.8, 4) is 6.07 Å². The summed E-state index contributed by atoms with van der Waals surface area (Å²) in [6, 6.07) is 8.72. The highest BCUT2D eigenvalue weighted by atomic mass is 32.3. The van der Waals surface area contributed by atoms with Crippen molar-refractivity contribution in [2.75, 3.05) is 11.1 Å². The van der Waals surface area contributed by atoms with Crippen molar-refractivity contribution in [3.63, 3.8) is 0 Å². The molecule has 3 rings (SSSR count). The summed E-state index contributed by atoms with van der Waals surface area (Å²) in [5.41, 5.74) is 5.43. The maximum absolute atomic E-state index is 14.7. The Morgan fingerprint density at radius 1 is 1.30 bits per heavy atom. The molecule has 0 radical (unpaired) electrons. The van der Waals surface area contributed by atoms with Gasteiger partial charge in [0.15, 0.2) is 0 Å². The number of nitrogens with zero attached hydrogens (tertiary/aromatic N) is 3. The number of amidine groups is 1. The number of hydrogen-bond donors (Lipinski definition) is 4. The van der Waals surface area contributed by atoms with Crippen molar-refractivity contribution in [2.45, 2.75) is 31.1 Å². The minimum absolute atomic E-state index is 0.0203. The molecule has 1 aliphatic heterocycles. The van der Waals surface area contributed by atoms with Crippen molar-refractivity contribution < 1.29 is 18.3 Å². The number of rotatable bonds is 3. The van der Waals surface area contributed by atoms with Crippen molar-refractivity contribution in [2.24, 2.45) is 10.7 Å². The molecule has 1 aromatic carbocycles. The third-order valence-electron chi connectivity index (χ3n) is 5.21. The monoisotopic (exact) mass is 431 g/mol. The van der Waals surface area contributed by atoms with Crippen LogP contribution in [-0.4, -0.2) is 36.3 Å². The molecule has 10 heteroatoms. The Morgan fingerprint density at radius 2 is 2.00 bits per heavy atom. The molecule has 0 aliphatic carbocycles.